The van der Waals surface area contributed by atoms with E-state index in [2.05, 4.69) is 5.32 Å². The quantitative estimate of drug-likeness (QED) is 0.875. The molecule has 0 saturated carbocycles. The molecule has 1 amide bonds. The first kappa shape index (κ1) is 11.8. The molecule has 18 heavy (non-hydrogen) atoms. The monoisotopic (exact) mass is 249 g/mol. The summed E-state index contributed by atoms with van der Waals surface area (Å²) in [5, 5.41) is 11.0. The molecule has 2 N–H and O–H groups in total. The van der Waals surface area contributed by atoms with Gasteiger partial charge in [-0.25, -0.2) is 9.18 Å². The lowest BCUT2D eigenvalue weighted by Crippen LogP contribution is -2.11. The lowest BCUT2D eigenvalue weighted by molar-refractivity contribution is 0.0660. The highest BCUT2D eigenvalue weighted by molar-refractivity contribution is 6.02. The summed E-state index contributed by atoms with van der Waals surface area (Å²) in [5.74, 6) is -2.89. The van der Waals surface area contributed by atoms with Crippen molar-refractivity contribution in [3.05, 3.63) is 53.7 Å². The first-order valence-corrected chi connectivity index (χ1v) is 4.96. The van der Waals surface area contributed by atoms with Gasteiger partial charge in [0.15, 0.2) is 5.76 Å². The summed E-state index contributed by atoms with van der Waals surface area (Å²) in [6.45, 7) is 0. The second-order valence-electron chi connectivity index (χ2n) is 3.43. The number of anilines is 1. The molecule has 5 nitrogen and oxygen atoms in total. The molecule has 1 aromatic heterocycles. The number of rotatable bonds is 3. The Morgan fingerprint density at radius 2 is 1.89 bits per heavy atom. The van der Waals surface area contributed by atoms with Crippen molar-refractivity contribution in [1.29, 1.82) is 0 Å². The summed E-state index contributed by atoms with van der Waals surface area (Å²) in [4.78, 5) is 22.2. The highest BCUT2D eigenvalue weighted by Gasteiger charge is 2.14. The molecule has 0 saturated heterocycles. The summed E-state index contributed by atoms with van der Waals surface area (Å²) < 4.78 is 17.7. The molecule has 0 aliphatic heterocycles. The van der Waals surface area contributed by atoms with E-state index in [9.17, 15) is 14.0 Å². The van der Waals surface area contributed by atoms with Gasteiger partial charge in [0, 0.05) is 5.69 Å². The summed E-state index contributed by atoms with van der Waals surface area (Å²) >= 11 is 0. The highest BCUT2D eigenvalue weighted by atomic mass is 19.1. The third-order valence-corrected chi connectivity index (χ3v) is 2.12. The van der Waals surface area contributed by atoms with E-state index in [0.29, 0.717) is 0 Å². The van der Waals surface area contributed by atoms with Crippen molar-refractivity contribution >= 4 is 17.6 Å². The Bertz CT molecular complexity index is 606. The standard InChI is InChI=1S/C12H8FNO4/c13-7-2-1-3-8(6-7)14-11(15)9-4-5-10(18-9)12(16)17/h1-6H,(H,14,15)(H,16,17). The minimum Gasteiger partial charge on any atom is -0.475 e. The summed E-state index contributed by atoms with van der Waals surface area (Å²) in [7, 11) is 0. The number of hydrogen-bond acceptors (Lipinski definition) is 3. The predicted molar refractivity (Wildman–Crippen MR) is 60.0 cm³/mol. The molecule has 0 spiro atoms. The minimum absolute atomic E-state index is 0.156. The normalized spacial score (nSPS) is 10.1. The fourth-order valence-electron chi connectivity index (χ4n) is 1.33. The number of carbonyl (C=O) groups excluding carboxylic acids is 1. The summed E-state index contributed by atoms with van der Waals surface area (Å²) in [6, 6.07) is 7.72. The first-order valence-electron chi connectivity index (χ1n) is 4.96. The molecular formula is C12H8FNO4. The molecule has 0 aliphatic rings. The Morgan fingerprint density at radius 3 is 2.50 bits per heavy atom. The highest BCUT2D eigenvalue weighted by Crippen LogP contribution is 2.13. The van der Waals surface area contributed by atoms with Gasteiger partial charge in [0.05, 0.1) is 0 Å². The Morgan fingerprint density at radius 1 is 1.17 bits per heavy atom. The van der Waals surface area contributed by atoms with E-state index in [1.165, 1.54) is 30.3 Å². The maximum absolute atomic E-state index is 12.9. The average Bonchev–Trinajstić information content (AvgIpc) is 2.78. The molecule has 0 atom stereocenters. The third-order valence-electron chi connectivity index (χ3n) is 2.12. The van der Waals surface area contributed by atoms with Crippen LogP contribution in [0.3, 0.4) is 0 Å². The second-order valence-corrected chi connectivity index (χ2v) is 3.43. The van der Waals surface area contributed by atoms with Crippen LogP contribution in [0, 0.1) is 5.82 Å². The number of aromatic carboxylic acids is 1. The summed E-state index contributed by atoms with van der Waals surface area (Å²) in [6.07, 6.45) is 0. The van der Waals surface area contributed by atoms with Crippen LogP contribution in [-0.4, -0.2) is 17.0 Å². The lowest BCUT2D eigenvalue weighted by Gasteiger charge is -2.02. The fourth-order valence-corrected chi connectivity index (χ4v) is 1.33. The molecule has 0 unspecified atom stereocenters. The van der Waals surface area contributed by atoms with Crippen LogP contribution in [0.5, 0.6) is 0 Å². The van der Waals surface area contributed by atoms with Gasteiger partial charge in [0.1, 0.15) is 5.82 Å². The number of hydrogen-bond donors (Lipinski definition) is 2. The van der Waals surface area contributed by atoms with Crippen LogP contribution in [0.25, 0.3) is 0 Å². The Hall–Kier alpha value is -2.63. The number of nitrogens with one attached hydrogen (secondary N) is 1. The van der Waals surface area contributed by atoms with Crippen LogP contribution in [0.2, 0.25) is 0 Å². The molecule has 1 aromatic carbocycles. The maximum Gasteiger partial charge on any atom is 0.371 e. The van der Waals surface area contributed by atoms with E-state index in [4.69, 9.17) is 9.52 Å². The van der Waals surface area contributed by atoms with Crippen LogP contribution in [0.1, 0.15) is 21.1 Å². The fraction of sp³-hybridized carbons (Fsp3) is 0. The predicted octanol–water partition coefficient (Wildman–Crippen LogP) is 2.37. The number of amides is 1. The molecule has 1 heterocycles. The van der Waals surface area contributed by atoms with Gasteiger partial charge in [-0.2, -0.15) is 0 Å². The van der Waals surface area contributed by atoms with Crippen molar-refractivity contribution in [1.82, 2.24) is 0 Å². The van der Waals surface area contributed by atoms with Gasteiger partial charge in [-0.1, -0.05) is 6.07 Å². The van der Waals surface area contributed by atoms with Crippen molar-refractivity contribution < 1.29 is 23.5 Å². The number of carboxylic acids is 1. The molecule has 0 radical (unpaired) electrons. The third kappa shape index (κ3) is 2.54. The van der Waals surface area contributed by atoms with Crippen molar-refractivity contribution in [3.63, 3.8) is 0 Å². The van der Waals surface area contributed by atoms with Crippen molar-refractivity contribution in [2.45, 2.75) is 0 Å². The van der Waals surface area contributed by atoms with E-state index < -0.39 is 17.7 Å². The van der Waals surface area contributed by atoms with Gasteiger partial charge in [0.2, 0.25) is 5.76 Å². The molecular weight excluding hydrogens is 241 g/mol. The van der Waals surface area contributed by atoms with Crippen molar-refractivity contribution in [2.75, 3.05) is 5.32 Å². The number of furan rings is 1. The molecule has 0 fully saturated rings. The van der Waals surface area contributed by atoms with Gasteiger partial charge in [-0.15, -0.1) is 0 Å². The van der Waals surface area contributed by atoms with Crippen molar-refractivity contribution in [2.24, 2.45) is 0 Å². The second kappa shape index (κ2) is 4.70. The van der Waals surface area contributed by atoms with Gasteiger partial charge in [-0.05, 0) is 30.3 Å². The smallest absolute Gasteiger partial charge is 0.371 e. The van der Waals surface area contributed by atoms with Crippen molar-refractivity contribution in [3.8, 4) is 0 Å². The van der Waals surface area contributed by atoms with Crippen LogP contribution in [0.4, 0.5) is 10.1 Å². The minimum atomic E-state index is -1.26. The van der Waals surface area contributed by atoms with E-state index >= 15 is 0 Å². The topological polar surface area (TPSA) is 79.5 Å². The zero-order valence-electron chi connectivity index (χ0n) is 9.01. The van der Waals surface area contributed by atoms with E-state index in [1.807, 2.05) is 0 Å². The largest absolute Gasteiger partial charge is 0.475 e. The van der Waals surface area contributed by atoms with Gasteiger partial charge < -0.3 is 14.8 Å². The molecule has 2 aromatic rings. The Kier molecular flexibility index (Phi) is 3.09. The van der Waals surface area contributed by atoms with E-state index in [1.54, 1.807) is 0 Å². The van der Waals surface area contributed by atoms with Gasteiger partial charge >= 0.3 is 5.97 Å². The maximum atomic E-state index is 12.9. The SMILES string of the molecule is O=C(O)c1ccc(C(=O)Nc2cccc(F)c2)o1. The van der Waals surface area contributed by atoms with E-state index in [0.717, 1.165) is 6.07 Å². The number of benzene rings is 1. The van der Waals surface area contributed by atoms with Gasteiger partial charge in [0.25, 0.3) is 5.91 Å². The molecule has 0 bridgehead atoms. The lowest BCUT2D eigenvalue weighted by atomic mass is 10.3. The molecule has 2 rings (SSSR count). The summed E-state index contributed by atoms with van der Waals surface area (Å²) in [5.41, 5.74) is 0.258. The first-order chi connectivity index (χ1) is 8.56. The molecule has 92 valence electrons. The molecule has 0 aliphatic carbocycles. The van der Waals surface area contributed by atoms with E-state index in [-0.39, 0.29) is 17.2 Å². The average molecular weight is 249 g/mol. The Balaban J connectivity index is 2.14. The molecule has 6 heteroatoms. The zero-order valence-corrected chi connectivity index (χ0v) is 9.01. The van der Waals surface area contributed by atoms with Crippen LogP contribution >= 0.6 is 0 Å². The van der Waals surface area contributed by atoms with Gasteiger partial charge in [-0.3, -0.25) is 4.79 Å². The Labute approximate surface area is 101 Å². The van der Waals surface area contributed by atoms with Crippen LogP contribution in [0.15, 0.2) is 40.8 Å². The number of carboxylic acid groups (broad SMARTS) is 1. The number of carbonyl (C=O) groups is 2. The zero-order chi connectivity index (χ0) is 13.1. The van der Waals surface area contributed by atoms with Crippen LogP contribution < -0.4 is 5.32 Å². The van der Waals surface area contributed by atoms with Crippen LogP contribution in [-0.2, 0) is 0 Å². The number of halogens is 1.